The van der Waals surface area contributed by atoms with Gasteiger partial charge in [-0.1, -0.05) is 12.1 Å². The van der Waals surface area contributed by atoms with Crippen molar-refractivity contribution in [3.8, 4) is 11.5 Å². The molecule has 0 aliphatic heterocycles. The second kappa shape index (κ2) is 7.23. The molecule has 1 N–H and O–H groups in total. The third kappa shape index (κ3) is 4.66. The zero-order valence-corrected chi connectivity index (χ0v) is 14.2. The third-order valence-corrected chi connectivity index (χ3v) is 3.49. The zero-order valence-electron chi connectivity index (χ0n) is 13.5. The number of alkyl halides is 6. The second-order valence-corrected chi connectivity index (χ2v) is 5.70. The predicted octanol–water partition coefficient (Wildman–Crippen LogP) is 5.37. The summed E-state index contributed by atoms with van der Waals surface area (Å²) in [6.07, 6.45) is -9.23. The first kappa shape index (κ1) is 19.8. The highest BCUT2D eigenvalue weighted by Gasteiger charge is 2.33. The van der Waals surface area contributed by atoms with E-state index in [2.05, 4.69) is 25.3 Å². The van der Waals surface area contributed by atoms with Crippen LogP contribution >= 0.6 is 11.6 Å². The van der Waals surface area contributed by atoms with Crippen LogP contribution in [0.4, 0.5) is 38.0 Å². The van der Waals surface area contributed by atoms with Crippen LogP contribution in [0, 0.1) is 0 Å². The summed E-state index contributed by atoms with van der Waals surface area (Å²) in [4.78, 5) is 14.8. The average molecular weight is 420 g/mol. The van der Waals surface area contributed by atoms with E-state index in [4.69, 9.17) is 11.6 Å². The summed E-state index contributed by atoms with van der Waals surface area (Å²) in [7, 11) is 0. The van der Waals surface area contributed by atoms with E-state index in [0.717, 1.165) is 24.3 Å². The van der Waals surface area contributed by atoms with Gasteiger partial charge in [0, 0.05) is 5.69 Å². The number of hydrogen-bond donors (Lipinski definition) is 1. The van der Waals surface area contributed by atoms with Crippen molar-refractivity contribution < 1.29 is 26.3 Å². The Balaban J connectivity index is 1.95. The number of anilines is 2. The summed E-state index contributed by atoms with van der Waals surface area (Å²) < 4.78 is 76.9. The molecule has 0 bridgehead atoms. The van der Waals surface area contributed by atoms with E-state index in [-0.39, 0.29) is 28.4 Å². The highest BCUT2D eigenvalue weighted by molar-refractivity contribution is 6.28. The molecule has 0 aliphatic rings. The van der Waals surface area contributed by atoms with Crippen LogP contribution < -0.4 is 5.32 Å². The lowest BCUT2D eigenvalue weighted by Gasteiger charge is -2.11. The maximum absolute atomic E-state index is 12.8. The van der Waals surface area contributed by atoms with Crippen LogP contribution in [0.15, 0.2) is 42.5 Å². The van der Waals surface area contributed by atoms with Gasteiger partial charge in [-0.15, -0.1) is 0 Å². The Morgan fingerprint density at radius 2 is 1.50 bits per heavy atom. The van der Waals surface area contributed by atoms with Crippen molar-refractivity contribution in [2.75, 3.05) is 5.32 Å². The Kier molecular flexibility index (Phi) is 5.11. The number of benzene rings is 1. The van der Waals surface area contributed by atoms with Crippen LogP contribution in [0.25, 0.3) is 11.5 Å². The molecule has 3 rings (SSSR count). The number of aromatic nitrogens is 4. The largest absolute Gasteiger partial charge is 0.433 e. The minimum absolute atomic E-state index is 0.0000399. The van der Waals surface area contributed by atoms with E-state index in [1.54, 1.807) is 0 Å². The molecule has 0 aliphatic carbocycles. The molecule has 28 heavy (non-hydrogen) atoms. The van der Waals surface area contributed by atoms with E-state index in [1.165, 1.54) is 18.2 Å². The molecule has 0 spiro atoms. The Morgan fingerprint density at radius 1 is 0.786 bits per heavy atom. The maximum Gasteiger partial charge on any atom is 0.433 e. The lowest BCUT2D eigenvalue weighted by atomic mass is 10.2. The first-order valence-corrected chi connectivity index (χ1v) is 7.81. The smallest absolute Gasteiger partial charge is 0.324 e. The fraction of sp³-hybridized carbons (Fsp3) is 0.125. The maximum atomic E-state index is 12.8. The Bertz CT molecular complexity index is 1010. The number of pyridine rings is 1. The van der Waals surface area contributed by atoms with Gasteiger partial charge >= 0.3 is 12.4 Å². The monoisotopic (exact) mass is 419 g/mol. The van der Waals surface area contributed by atoms with Crippen molar-refractivity contribution in [1.82, 2.24) is 19.9 Å². The van der Waals surface area contributed by atoms with E-state index in [1.807, 2.05) is 0 Å². The second-order valence-electron chi connectivity index (χ2n) is 5.36. The number of nitrogens with one attached hydrogen (secondary N) is 1. The van der Waals surface area contributed by atoms with Crippen molar-refractivity contribution in [3.63, 3.8) is 0 Å². The summed E-state index contributed by atoms with van der Waals surface area (Å²) in [5.74, 6) is -0.533. The van der Waals surface area contributed by atoms with Gasteiger partial charge in [0.2, 0.25) is 11.2 Å². The van der Waals surface area contributed by atoms with Crippen LogP contribution in [0.2, 0.25) is 5.28 Å². The van der Waals surface area contributed by atoms with Crippen LogP contribution in [0.5, 0.6) is 0 Å². The number of halogens is 7. The summed E-state index contributed by atoms with van der Waals surface area (Å²) in [5.41, 5.74) is -2.29. The Morgan fingerprint density at radius 3 is 2.18 bits per heavy atom. The molecule has 5 nitrogen and oxygen atoms in total. The van der Waals surface area contributed by atoms with Crippen molar-refractivity contribution >= 4 is 23.2 Å². The summed E-state index contributed by atoms with van der Waals surface area (Å²) >= 11 is 5.77. The van der Waals surface area contributed by atoms with Gasteiger partial charge in [0.15, 0.2) is 5.82 Å². The van der Waals surface area contributed by atoms with Gasteiger partial charge in [-0.2, -0.15) is 41.3 Å². The molecule has 0 amide bonds. The molecule has 0 atom stereocenters. The number of nitrogens with zero attached hydrogens (tertiary/aromatic N) is 4. The lowest BCUT2D eigenvalue weighted by Crippen LogP contribution is -2.09. The van der Waals surface area contributed by atoms with Gasteiger partial charge in [-0.05, 0) is 41.9 Å². The van der Waals surface area contributed by atoms with Gasteiger partial charge in [0.25, 0.3) is 0 Å². The summed E-state index contributed by atoms with van der Waals surface area (Å²) in [5, 5.41) is 2.14. The molecule has 0 unspecified atom stereocenters. The standard InChI is InChI=1S/C16H8ClF6N5/c17-13-26-12(10-5-2-6-11(25-10)16(21,22)23)27-14(28-13)24-9-4-1-3-8(7-9)15(18,19)20/h1-7H,(H,24,26,27,28). The van der Waals surface area contributed by atoms with Crippen molar-refractivity contribution in [3.05, 3.63) is 59.0 Å². The molecule has 146 valence electrons. The molecule has 0 saturated carbocycles. The van der Waals surface area contributed by atoms with E-state index in [0.29, 0.717) is 0 Å². The zero-order chi connectivity index (χ0) is 20.5. The van der Waals surface area contributed by atoms with Gasteiger partial charge in [0.05, 0.1) is 5.56 Å². The first-order valence-electron chi connectivity index (χ1n) is 7.43. The lowest BCUT2D eigenvalue weighted by molar-refractivity contribution is -0.141. The SMILES string of the molecule is FC(F)(F)c1cccc(Nc2nc(Cl)nc(-c3cccc(C(F)(F)F)n3)n2)c1. The first-order chi connectivity index (χ1) is 13.0. The van der Waals surface area contributed by atoms with Crippen LogP contribution in [0.3, 0.4) is 0 Å². The van der Waals surface area contributed by atoms with Crippen LogP contribution in [-0.4, -0.2) is 19.9 Å². The average Bonchev–Trinajstić information content (AvgIpc) is 2.60. The molecule has 0 saturated heterocycles. The van der Waals surface area contributed by atoms with E-state index >= 15 is 0 Å². The topological polar surface area (TPSA) is 63.6 Å². The van der Waals surface area contributed by atoms with E-state index < -0.39 is 23.6 Å². The molecule has 3 aromatic rings. The minimum Gasteiger partial charge on any atom is -0.324 e. The molecule has 2 aromatic heterocycles. The Labute approximate surface area is 158 Å². The van der Waals surface area contributed by atoms with Gasteiger partial charge in [-0.3, -0.25) is 0 Å². The van der Waals surface area contributed by atoms with Gasteiger partial charge in [0.1, 0.15) is 11.4 Å². The molecule has 12 heteroatoms. The molecule has 0 radical (unpaired) electrons. The van der Waals surface area contributed by atoms with E-state index in [9.17, 15) is 26.3 Å². The summed E-state index contributed by atoms with van der Waals surface area (Å²) in [6, 6.07) is 7.31. The highest BCUT2D eigenvalue weighted by atomic mass is 35.5. The fourth-order valence-electron chi connectivity index (χ4n) is 2.14. The Hall–Kier alpha value is -2.95. The molecule has 0 fully saturated rings. The van der Waals surface area contributed by atoms with Gasteiger partial charge in [-0.25, -0.2) is 4.98 Å². The predicted molar refractivity (Wildman–Crippen MR) is 87.8 cm³/mol. The number of hydrogen-bond acceptors (Lipinski definition) is 5. The van der Waals surface area contributed by atoms with Gasteiger partial charge < -0.3 is 5.32 Å². The third-order valence-electron chi connectivity index (χ3n) is 3.32. The summed E-state index contributed by atoms with van der Waals surface area (Å²) in [6.45, 7) is 0. The molecule has 1 aromatic carbocycles. The molecular formula is C16H8ClF6N5. The van der Waals surface area contributed by atoms with Crippen LogP contribution in [-0.2, 0) is 12.4 Å². The minimum atomic E-state index is -4.67. The van der Waals surface area contributed by atoms with Crippen LogP contribution in [0.1, 0.15) is 11.3 Å². The fourth-order valence-corrected chi connectivity index (χ4v) is 2.30. The van der Waals surface area contributed by atoms with Crippen molar-refractivity contribution in [2.24, 2.45) is 0 Å². The normalized spacial score (nSPS) is 12.1. The number of rotatable bonds is 3. The quantitative estimate of drug-likeness (QED) is 0.578. The highest BCUT2D eigenvalue weighted by Crippen LogP contribution is 2.32. The van der Waals surface area contributed by atoms with Crippen molar-refractivity contribution in [1.29, 1.82) is 0 Å². The molecule has 2 heterocycles. The molecular weight excluding hydrogens is 412 g/mol. The van der Waals surface area contributed by atoms with Crippen molar-refractivity contribution in [2.45, 2.75) is 12.4 Å².